The molecule has 0 aliphatic carbocycles. The van der Waals surface area contributed by atoms with Gasteiger partial charge in [0.25, 0.3) is 0 Å². The fraction of sp³-hybridized carbons (Fsp3) is 0.571. The Morgan fingerprint density at radius 3 is 1.82 bits per heavy atom. The molecule has 0 aliphatic rings. The minimum atomic E-state index is -0.496. The first-order chi connectivity index (χ1) is 7.68. The van der Waals surface area contributed by atoms with Crippen LogP contribution in [0.3, 0.4) is 0 Å². The van der Waals surface area contributed by atoms with E-state index in [2.05, 4.69) is 71.9 Å². The monoisotopic (exact) mass is 280 g/mol. The van der Waals surface area contributed by atoms with Crippen molar-refractivity contribution in [2.75, 3.05) is 0 Å². The molecule has 0 aliphatic heterocycles. The van der Waals surface area contributed by atoms with Crippen molar-refractivity contribution in [1.29, 1.82) is 0 Å². The van der Waals surface area contributed by atoms with E-state index in [-0.39, 0.29) is 18.1 Å². The van der Waals surface area contributed by atoms with E-state index in [0.29, 0.717) is 10.1 Å². The summed E-state index contributed by atoms with van der Waals surface area (Å²) in [7, 11) is -0.361. The number of rotatable bonds is 3. The summed E-state index contributed by atoms with van der Waals surface area (Å²) >= 11 is 0. The van der Waals surface area contributed by atoms with E-state index in [4.69, 9.17) is 0 Å². The van der Waals surface area contributed by atoms with Gasteiger partial charge in [0, 0.05) is 25.9 Å². The molecule has 1 aromatic rings. The maximum absolute atomic E-state index is 2.50. The number of hydrogen-bond donors (Lipinski definition) is 0. The Morgan fingerprint density at radius 1 is 0.882 bits per heavy atom. The summed E-state index contributed by atoms with van der Waals surface area (Å²) in [6, 6.07) is 11.3. The van der Waals surface area contributed by atoms with Crippen molar-refractivity contribution < 1.29 is 0 Å². The van der Waals surface area contributed by atoms with E-state index in [9.17, 15) is 0 Å². The van der Waals surface area contributed by atoms with Gasteiger partial charge in [0.05, 0.1) is 0 Å². The Morgan fingerprint density at radius 2 is 1.41 bits per heavy atom. The lowest BCUT2D eigenvalue weighted by Crippen LogP contribution is -2.47. The highest BCUT2D eigenvalue weighted by Gasteiger charge is 2.30. The highest BCUT2D eigenvalue weighted by Crippen LogP contribution is 2.31. The molecule has 0 spiro atoms. The van der Waals surface area contributed by atoms with E-state index in [1.165, 1.54) is 0 Å². The molecule has 0 fully saturated rings. The van der Waals surface area contributed by atoms with Gasteiger partial charge in [0.2, 0.25) is 0 Å². The molecule has 0 saturated heterocycles. The van der Waals surface area contributed by atoms with Crippen LogP contribution in [0.25, 0.3) is 0 Å². The largest absolute Gasteiger partial charge is 0.0701 e. The zero-order chi connectivity index (χ0) is 13.1. The molecule has 1 aromatic carbocycles. The van der Waals surface area contributed by atoms with E-state index < -0.39 is 7.83 Å². The zero-order valence-electron chi connectivity index (χ0n) is 12.4. The Kier molecular flexibility index (Phi) is 4.98. The van der Waals surface area contributed by atoms with E-state index in [1.54, 1.807) is 5.19 Å². The molecule has 1 rings (SSSR count). The topological polar surface area (TPSA) is 0 Å². The lowest BCUT2D eigenvalue weighted by Gasteiger charge is -2.34. The van der Waals surface area contributed by atoms with Gasteiger partial charge in [-0.2, -0.15) is 0 Å². The van der Waals surface area contributed by atoms with Crippen molar-refractivity contribution in [3.05, 3.63) is 30.3 Å². The van der Waals surface area contributed by atoms with Crippen LogP contribution < -0.4 is 5.19 Å². The summed E-state index contributed by atoms with van der Waals surface area (Å²) in [5.74, 6) is 0. The van der Waals surface area contributed by atoms with Crippen LogP contribution >= 0.6 is 0 Å². The molecular weight excluding hydrogens is 252 g/mol. The fourth-order valence-electron chi connectivity index (χ4n) is 2.32. The van der Waals surface area contributed by atoms with E-state index >= 15 is 0 Å². The van der Waals surface area contributed by atoms with Gasteiger partial charge >= 0.3 is 0 Å². The highest BCUT2D eigenvalue weighted by molar-refractivity contribution is 7.44. The first-order valence-electron chi connectivity index (χ1n) is 6.72. The van der Waals surface area contributed by atoms with E-state index in [1.807, 2.05) is 0 Å². The van der Waals surface area contributed by atoms with Gasteiger partial charge in [-0.25, -0.2) is 0 Å². The molecule has 3 heteroatoms. The fourth-order valence-corrected chi connectivity index (χ4v) is 29.4. The van der Waals surface area contributed by atoms with Crippen molar-refractivity contribution in [2.45, 2.75) is 51.6 Å². The molecule has 0 bridgehead atoms. The predicted molar refractivity (Wildman–Crippen MR) is 89.7 cm³/mol. The second-order valence-corrected chi connectivity index (χ2v) is 26.2. The van der Waals surface area contributed by atoms with Crippen molar-refractivity contribution in [3.63, 3.8) is 0 Å². The van der Waals surface area contributed by atoms with Crippen LogP contribution in [0.5, 0.6) is 0 Å². The van der Waals surface area contributed by atoms with Gasteiger partial charge in [-0.1, -0.05) is 87.1 Å². The van der Waals surface area contributed by atoms with Gasteiger partial charge in [-0.3, -0.25) is 0 Å². The summed E-state index contributed by atoms with van der Waals surface area (Å²) in [5, 5.41) is 2.99. The lowest BCUT2D eigenvalue weighted by atomic mass is 10.2. The molecule has 0 nitrogen and oxygen atoms in total. The molecule has 0 aromatic heterocycles. The molecule has 1 atom stereocenters. The molecule has 0 saturated carbocycles. The first-order valence-corrected chi connectivity index (χ1v) is 15.2. The SMILES string of the molecule is CC(C)(C)[SiH2][SiH]([SiH2]c1ccccc1)C(C)(C)C. The average Bonchev–Trinajstić information content (AvgIpc) is 2.15. The molecule has 0 radical (unpaired) electrons. The summed E-state index contributed by atoms with van der Waals surface area (Å²) in [6.45, 7) is 14.9. The van der Waals surface area contributed by atoms with Crippen LogP contribution in [-0.2, 0) is 0 Å². The second-order valence-electron chi connectivity index (χ2n) is 7.52. The predicted octanol–water partition coefficient (Wildman–Crippen LogP) is 1.89. The van der Waals surface area contributed by atoms with Crippen molar-refractivity contribution >= 4 is 31.1 Å². The van der Waals surface area contributed by atoms with Crippen LogP contribution in [0.4, 0.5) is 0 Å². The van der Waals surface area contributed by atoms with Gasteiger partial charge in [-0.15, -0.1) is 0 Å². The Bertz CT molecular complexity index is 333. The number of benzene rings is 1. The maximum Gasteiger partial charge on any atom is 0.0436 e. The summed E-state index contributed by atoms with van der Waals surface area (Å²) in [5.41, 5.74) is 0. The normalized spacial score (nSPS) is 16.1. The molecule has 1 unspecified atom stereocenters. The zero-order valence-corrected chi connectivity index (χ0v) is 16.4. The lowest BCUT2D eigenvalue weighted by molar-refractivity contribution is 0.738. The minimum Gasteiger partial charge on any atom is -0.0701 e. The van der Waals surface area contributed by atoms with Crippen LogP contribution in [0.15, 0.2) is 30.3 Å². The van der Waals surface area contributed by atoms with Crippen molar-refractivity contribution in [3.8, 4) is 0 Å². The standard InChI is InChI=1S/C14H28Si3/c1-13(2,3)16-17(14(4,5)6)15-12-10-8-7-9-11-12/h7-11,17H,15-16H2,1-6H3. The summed E-state index contributed by atoms with van der Waals surface area (Å²) < 4.78 is 0. The summed E-state index contributed by atoms with van der Waals surface area (Å²) in [6.07, 6.45) is 0. The van der Waals surface area contributed by atoms with Gasteiger partial charge in [0.15, 0.2) is 0 Å². The third-order valence-electron chi connectivity index (χ3n) is 3.41. The van der Waals surface area contributed by atoms with Crippen LogP contribution in [0, 0.1) is 0 Å². The van der Waals surface area contributed by atoms with Crippen molar-refractivity contribution in [1.82, 2.24) is 0 Å². The Labute approximate surface area is 113 Å². The van der Waals surface area contributed by atoms with Crippen LogP contribution in [0.1, 0.15) is 41.5 Å². The van der Waals surface area contributed by atoms with Gasteiger partial charge < -0.3 is 0 Å². The Balaban J connectivity index is 2.79. The quantitative estimate of drug-likeness (QED) is 0.742. The van der Waals surface area contributed by atoms with Crippen LogP contribution in [0.2, 0.25) is 10.1 Å². The Hall–Kier alpha value is -0.129. The second kappa shape index (κ2) is 5.67. The molecule has 0 N–H and O–H groups in total. The molecular formula is C14H28Si3. The number of hydrogen-bond acceptors (Lipinski definition) is 0. The van der Waals surface area contributed by atoms with Crippen LogP contribution in [-0.4, -0.2) is 25.9 Å². The smallest absolute Gasteiger partial charge is 0.0436 e. The first kappa shape index (κ1) is 14.9. The summed E-state index contributed by atoms with van der Waals surface area (Å²) in [4.78, 5) is 0. The average molecular weight is 281 g/mol. The highest BCUT2D eigenvalue weighted by atomic mass is 29.6. The molecule has 0 amide bonds. The van der Waals surface area contributed by atoms with Gasteiger partial charge in [0.1, 0.15) is 0 Å². The minimum absolute atomic E-state index is 0.0192. The van der Waals surface area contributed by atoms with E-state index in [0.717, 1.165) is 0 Å². The molecule has 96 valence electrons. The van der Waals surface area contributed by atoms with Gasteiger partial charge in [-0.05, 0) is 0 Å². The van der Waals surface area contributed by atoms with Crippen molar-refractivity contribution in [2.24, 2.45) is 0 Å². The third-order valence-corrected chi connectivity index (χ3v) is 29.6. The maximum atomic E-state index is 2.50. The molecule has 0 heterocycles. The third kappa shape index (κ3) is 5.84. The molecule has 17 heavy (non-hydrogen) atoms.